The fraction of sp³-hybridized carbons (Fsp3) is 0.778. The quantitative estimate of drug-likeness (QED) is 0.353. The summed E-state index contributed by atoms with van der Waals surface area (Å²) in [6.45, 7) is 1.04. The zero-order chi connectivity index (χ0) is 12.4. The van der Waals surface area contributed by atoms with Crippen LogP contribution in [0.5, 0.6) is 0 Å². The Hall–Kier alpha value is -1.18. The molecular formula is C9H18N2O5. The highest BCUT2D eigenvalue weighted by Crippen LogP contribution is 1.88. The Morgan fingerprint density at radius 2 is 2.06 bits per heavy atom. The molecule has 0 aliphatic carbocycles. The molecule has 0 aromatic heterocycles. The van der Waals surface area contributed by atoms with E-state index in [9.17, 15) is 9.59 Å². The number of nitrogens with one attached hydrogen (secondary N) is 1. The van der Waals surface area contributed by atoms with Crippen LogP contribution >= 0.6 is 0 Å². The van der Waals surface area contributed by atoms with Crippen LogP contribution in [0.15, 0.2) is 0 Å². The van der Waals surface area contributed by atoms with Gasteiger partial charge in [0.05, 0.1) is 25.7 Å². The average Bonchev–Trinajstić information content (AvgIpc) is 2.21. The van der Waals surface area contributed by atoms with Crippen LogP contribution in [-0.4, -0.2) is 54.5 Å². The van der Waals surface area contributed by atoms with Gasteiger partial charge in [-0.1, -0.05) is 0 Å². The second-order valence-corrected chi connectivity index (χ2v) is 3.18. The molecule has 0 aliphatic rings. The van der Waals surface area contributed by atoms with Crippen LogP contribution in [0.4, 0.5) is 0 Å². The normalized spacial score (nSPS) is 12.1. The zero-order valence-corrected chi connectivity index (χ0v) is 9.02. The molecule has 0 aromatic carbocycles. The van der Waals surface area contributed by atoms with Crippen molar-refractivity contribution in [3.63, 3.8) is 0 Å². The third kappa shape index (κ3) is 8.16. The molecule has 0 radical (unpaired) electrons. The second kappa shape index (κ2) is 9.08. The van der Waals surface area contributed by atoms with Crippen molar-refractivity contribution >= 4 is 11.9 Å². The lowest BCUT2D eigenvalue weighted by Crippen LogP contribution is -2.42. The molecule has 16 heavy (non-hydrogen) atoms. The summed E-state index contributed by atoms with van der Waals surface area (Å²) in [6.07, 6.45) is 0.207. The van der Waals surface area contributed by atoms with Crippen molar-refractivity contribution in [2.45, 2.75) is 18.9 Å². The van der Waals surface area contributed by atoms with E-state index in [0.29, 0.717) is 19.6 Å². The summed E-state index contributed by atoms with van der Waals surface area (Å²) in [7, 11) is 0. The zero-order valence-electron chi connectivity index (χ0n) is 9.02. The third-order valence-electron chi connectivity index (χ3n) is 1.73. The number of carbonyl (C=O) groups excluding carboxylic acids is 1. The topological polar surface area (TPSA) is 122 Å². The Kier molecular flexibility index (Phi) is 8.41. The van der Waals surface area contributed by atoms with Gasteiger partial charge in [0.1, 0.15) is 0 Å². The van der Waals surface area contributed by atoms with Crippen molar-refractivity contribution < 1.29 is 24.5 Å². The standard InChI is InChI=1S/C9H18N2O5/c10-7(6-8(13)14)9(15)11-2-1-4-16-5-3-12/h7,12H,1-6,10H2,(H,11,15)(H,13,14). The monoisotopic (exact) mass is 234 g/mol. The van der Waals surface area contributed by atoms with Crippen molar-refractivity contribution in [2.75, 3.05) is 26.4 Å². The number of nitrogens with two attached hydrogens (primary N) is 1. The van der Waals surface area contributed by atoms with Crippen LogP contribution in [0, 0.1) is 0 Å². The highest BCUT2D eigenvalue weighted by molar-refractivity contribution is 5.85. The second-order valence-electron chi connectivity index (χ2n) is 3.18. The minimum absolute atomic E-state index is 0.0319. The number of rotatable bonds is 9. The molecule has 1 amide bonds. The van der Waals surface area contributed by atoms with Gasteiger partial charge in [-0.05, 0) is 6.42 Å². The lowest BCUT2D eigenvalue weighted by Gasteiger charge is -2.09. The molecule has 94 valence electrons. The minimum atomic E-state index is -1.10. The maximum atomic E-state index is 11.2. The van der Waals surface area contributed by atoms with Gasteiger partial charge < -0.3 is 26.0 Å². The van der Waals surface area contributed by atoms with Crippen LogP contribution in [0.1, 0.15) is 12.8 Å². The molecule has 1 unspecified atom stereocenters. The maximum absolute atomic E-state index is 11.2. The number of hydrogen-bond donors (Lipinski definition) is 4. The molecule has 0 saturated heterocycles. The Balaban J connectivity index is 3.46. The van der Waals surface area contributed by atoms with Crippen molar-refractivity contribution in [2.24, 2.45) is 5.73 Å². The number of aliphatic hydroxyl groups excluding tert-OH is 1. The number of hydrogen-bond acceptors (Lipinski definition) is 5. The molecule has 0 heterocycles. The van der Waals surface area contributed by atoms with E-state index in [1.165, 1.54) is 0 Å². The summed E-state index contributed by atoms with van der Waals surface area (Å²) in [4.78, 5) is 21.4. The Bertz CT molecular complexity index is 222. The predicted molar refractivity (Wildman–Crippen MR) is 55.8 cm³/mol. The van der Waals surface area contributed by atoms with Gasteiger partial charge in [-0.25, -0.2) is 0 Å². The Morgan fingerprint density at radius 3 is 2.62 bits per heavy atom. The number of ether oxygens (including phenoxy) is 1. The van der Waals surface area contributed by atoms with Crippen LogP contribution in [0.3, 0.4) is 0 Å². The number of aliphatic hydroxyl groups is 1. The molecule has 0 saturated carbocycles. The van der Waals surface area contributed by atoms with E-state index in [1.54, 1.807) is 0 Å². The summed E-state index contributed by atoms with van der Waals surface area (Å²) >= 11 is 0. The Labute approximate surface area is 93.6 Å². The van der Waals surface area contributed by atoms with Gasteiger partial charge in [0.15, 0.2) is 0 Å². The van der Waals surface area contributed by atoms with E-state index in [-0.39, 0.29) is 19.6 Å². The average molecular weight is 234 g/mol. The van der Waals surface area contributed by atoms with Gasteiger partial charge in [0, 0.05) is 13.2 Å². The minimum Gasteiger partial charge on any atom is -0.481 e. The van der Waals surface area contributed by atoms with E-state index >= 15 is 0 Å². The summed E-state index contributed by atoms with van der Waals surface area (Å²) in [5.74, 6) is -1.58. The number of carboxylic acids is 1. The third-order valence-corrected chi connectivity index (χ3v) is 1.73. The predicted octanol–water partition coefficient (Wildman–Crippen LogP) is -1.70. The first-order valence-electron chi connectivity index (χ1n) is 5.01. The lowest BCUT2D eigenvalue weighted by atomic mass is 10.2. The SMILES string of the molecule is NC(CC(=O)O)C(=O)NCCCOCCO. The van der Waals surface area contributed by atoms with Gasteiger partial charge in [-0.2, -0.15) is 0 Å². The van der Waals surface area contributed by atoms with Crippen molar-refractivity contribution in [1.29, 1.82) is 0 Å². The summed E-state index contributed by atoms with van der Waals surface area (Å²) < 4.78 is 4.96. The van der Waals surface area contributed by atoms with Crippen molar-refractivity contribution in [3.8, 4) is 0 Å². The number of aliphatic carboxylic acids is 1. The van der Waals surface area contributed by atoms with E-state index in [0.717, 1.165) is 0 Å². The van der Waals surface area contributed by atoms with Crippen LogP contribution in [0.25, 0.3) is 0 Å². The highest BCUT2D eigenvalue weighted by Gasteiger charge is 2.15. The van der Waals surface area contributed by atoms with E-state index in [1.807, 2.05) is 0 Å². The first-order valence-corrected chi connectivity index (χ1v) is 5.01. The van der Waals surface area contributed by atoms with Crippen LogP contribution in [-0.2, 0) is 14.3 Å². The van der Waals surface area contributed by atoms with Crippen LogP contribution < -0.4 is 11.1 Å². The van der Waals surface area contributed by atoms with E-state index < -0.39 is 17.9 Å². The Morgan fingerprint density at radius 1 is 1.38 bits per heavy atom. The largest absolute Gasteiger partial charge is 0.481 e. The van der Waals surface area contributed by atoms with Gasteiger partial charge in [0.25, 0.3) is 0 Å². The molecule has 7 nitrogen and oxygen atoms in total. The summed E-state index contributed by atoms with van der Waals surface area (Å²) in [5.41, 5.74) is 5.32. The molecule has 5 N–H and O–H groups in total. The first-order chi connectivity index (χ1) is 7.57. The molecule has 0 aromatic rings. The van der Waals surface area contributed by atoms with Crippen LogP contribution in [0.2, 0.25) is 0 Å². The van der Waals surface area contributed by atoms with Gasteiger partial charge >= 0.3 is 5.97 Å². The molecule has 7 heteroatoms. The summed E-state index contributed by atoms with van der Waals surface area (Å²) in [5, 5.41) is 19.3. The maximum Gasteiger partial charge on any atom is 0.305 e. The molecule has 0 rings (SSSR count). The van der Waals surface area contributed by atoms with E-state index in [4.69, 9.17) is 20.7 Å². The molecule has 0 bridgehead atoms. The van der Waals surface area contributed by atoms with Gasteiger partial charge in [-0.3, -0.25) is 9.59 Å². The molecule has 1 atom stereocenters. The molecular weight excluding hydrogens is 216 g/mol. The van der Waals surface area contributed by atoms with Crippen molar-refractivity contribution in [3.05, 3.63) is 0 Å². The van der Waals surface area contributed by atoms with Crippen molar-refractivity contribution in [1.82, 2.24) is 5.32 Å². The summed E-state index contributed by atoms with van der Waals surface area (Å²) in [6, 6.07) is -1.02. The lowest BCUT2D eigenvalue weighted by molar-refractivity contribution is -0.139. The number of amides is 1. The fourth-order valence-corrected chi connectivity index (χ4v) is 0.964. The molecule has 0 fully saturated rings. The fourth-order valence-electron chi connectivity index (χ4n) is 0.964. The van der Waals surface area contributed by atoms with Gasteiger partial charge in [-0.15, -0.1) is 0 Å². The van der Waals surface area contributed by atoms with Gasteiger partial charge in [0.2, 0.25) is 5.91 Å². The number of carboxylic acid groups (broad SMARTS) is 1. The highest BCUT2D eigenvalue weighted by atomic mass is 16.5. The number of carbonyl (C=O) groups is 2. The molecule has 0 spiro atoms. The smallest absolute Gasteiger partial charge is 0.305 e. The first kappa shape index (κ1) is 14.8. The van der Waals surface area contributed by atoms with E-state index in [2.05, 4.69) is 5.32 Å². The molecule has 0 aliphatic heterocycles.